The fraction of sp³-hybridized carbons (Fsp3) is 0.222. The lowest BCUT2D eigenvalue weighted by molar-refractivity contribution is 0.0606. The van der Waals surface area contributed by atoms with Crippen molar-refractivity contribution in [2.45, 2.75) is 19.9 Å². The van der Waals surface area contributed by atoms with E-state index in [2.05, 4.69) is 0 Å². The van der Waals surface area contributed by atoms with E-state index in [4.69, 9.17) is 33.0 Å². The Labute approximate surface area is 159 Å². The van der Waals surface area contributed by atoms with Gasteiger partial charge >= 0.3 is 5.97 Å². The van der Waals surface area contributed by atoms with Gasteiger partial charge in [-0.15, -0.1) is 11.3 Å². The monoisotopic (exact) mass is 394 g/mol. The standard InChI is InChI=1S/C18H16Cl2N2O2S/c1-10-6-15(12-7-13(19)9-14(20)8-12)21-22(10)11(2)16-4-5-17(25-16)18(23)24-3/h4-9,11H,1-3H3. The Hall–Kier alpha value is -1.82. The minimum Gasteiger partial charge on any atom is -0.465 e. The van der Waals surface area contributed by atoms with E-state index in [0.29, 0.717) is 14.9 Å². The Balaban J connectivity index is 1.94. The van der Waals surface area contributed by atoms with Crippen LogP contribution in [-0.4, -0.2) is 22.9 Å². The van der Waals surface area contributed by atoms with E-state index in [9.17, 15) is 4.79 Å². The van der Waals surface area contributed by atoms with Crippen molar-refractivity contribution in [2.24, 2.45) is 0 Å². The van der Waals surface area contributed by atoms with Gasteiger partial charge in [-0.3, -0.25) is 4.68 Å². The highest BCUT2D eigenvalue weighted by Gasteiger charge is 2.18. The minimum atomic E-state index is -0.324. The van der Waals surface area contributed by atoms with Crippen LogP contribution in [0.3, 0.4) is 0 Å². The second-order valence-electron chi connectivity index (χ2n) is 5.64. The highest BCUT2D eigenvalue weighted by atomic mass is 35.5. The first-order valence-corrected chi connectivity index (χ1v) is 9.17. The van der Waals surface area contributed by atoms with Crippen LogP contribution in [0.2, 0.25) is 10.0 Å². The number of carbonyl (C=O) groups is 1. The van der Waals surface area contributed by atoms with Crippen molar-refractivity contribution < 1.29 is 9.53 Å². The van der Waals surface area contributed by atoms with Gasteiger partial charge in [0.2, 0.25) is 0 Å². The van der Waals surface area contributed by atoms with Crippen LogP contribution >= 0.6 is 34.5 Å². The van der Waals surface area contributed by atoms with Gasteiger partial charge in [-0.1, -0.05) is 23.2 Å². The van der Waals surface area contributed by atoms with E-state index in [1.165, 1.54) is 18.4 Å². The molecule has 1 unspecified atom stereocenters. The van der Waals surface area contributed by atoms with Gasteiger partial charge in [-0.05, 0) is 50.2 Å². The second kappa shape index (κ2) is 7.20. The number of carbonyl (C=O) groups excluding carboxylic acids is 1. The molecule has 7 heteroatoms. The van der Waals surface area contributed by atoms with Crippen LogP contribution in [0, 0.1) is 6.92 Å². The molecule has 0 fully saturated rings. The molecule has 3 aromatic rings. The largest absolute Gasteiger partial charge is 0.465 e. The van der Waals surface area contributed by atoms with Gasteiger partial charge in [-0.25, -0.2) is 4.79 Å². The fourth-order valence-corrected chi connectivity index (χ4v) is 4.12. The summed E-state index contributed by atoms with van der Waals surface area (Å²) in [4.78, 5) is 13.3. The number of esters is 1. The van der Waals surface area contributed by atoms with Crippen LogP contribution in [0.25, 0.3) is 11.3 Å². The number of aryl methyl sites for hydroxylation is 1. The van der Waals surface area contributed by atoms with E-state index in [-0.39, 0.29) is 12.0 Å². The number of benzene rings is 1. The quantitative estimate of drug-likeness (QED) is 0.539. The second-order valence-corrected chi connectivity index (χ2v) is 7.63. The van der Waals surface area contributed by atoms with Gasteiger partial charge in [0.25, 0.3) is 0 Å². The SMILES string of the molecule is COC(=O)c1ccc(C(C)n2nc(-c3cc(Cl)cc(Cl)c3)cc2C)s1. The number of hydrogen-bond acceptors (Lipinski definition) is 4. The van der Waals surface area contributed by atoms with Crippen molar-refractivity contribution in [1.82, 2.24) is 9.78 Å². The maximum absolute atomic E-state index is 11.6. The molecule has 0 aliphatic heterocycles. The summed E-state index contributed by atoms with van der Waals surface area (Å²) in [6.07, 6.45) is 0. The highest BCUT2D eigenvalue weighted by Crippen LogP contribution is 2.31. The summed E-state index contributed by atoms with van der Waals surface area (Å²) in [7, 11) is 1.38. The van der Waals surface area contributed by atoms with Gasteiger partial charge in [0.05, 0.1) is 18.8 Å². The number of ether oxygens (including phenoxy) is 1. The average molecular weight is 395 g/mol. The first kappa shape index (κ1) is 18.0. The maximum Gasteiger partial charge on any atom is 0.348 e. The summed E-state index contributed by atoms with van der Waals surface area (Å²) < 4.78 is 6.69. The Morgan fingerprint density at radius 2 is 1.88 bits per heavy atom. The van der Waals surface area contributed by atoms with Crippen LogP contribution in [0.15, 0.2) is 36.4 Å². The molecule has 2 aromatic heterocycles. The van der Waals surface area contributed by atoms with Crippen molar-refractivity contribution in [2.75, 3.05) is 7.11 Å². The van der Waals surface area contributed by atoms with E-state index in [1.54, 1.807) is 12.1 Å². The molecule has 0 radical (unpaired) electrons. The molecule has 4 nitrogen and oxygen atoms in total. The average Bonchev–Trinajstić information content (AvgIpc) is 3.19. The van der Waals surface area contributed by atoms with Gasteiger partial charge in [0.1, 0.15) is 4.88 Å². The lowest BCUT2D eigenvalue weighted by Crippen LogP contribution is -2.08. The molecule has 25 heavy (non-hydrogen) atoms. The molecule has 0 spiro atoms. The molecule has 130 valence electrons. The Morgan fingerprint density at radius 3 is 2.52 bits per heavy atom. The first-order valence-electron chi connectivity index (χ1n) is 7.59. The summed E-state index contributed by atoms with van der Waals surface area (Å²) in [5.41, 5.74) is 2.68. The molecular weight excluding hydrogens is 379 g/mol. The summed E-state index contributed by atoms with van der Waals surface area (Å²) in [5.74, 6) is -0.324. The normalized spacial score (nSPS) is 12.2. The zero-order chi connectivity index (χ0) is 18.1. The zero-order valence-corrected chi connectivity index (χ0v) is 16.2. The van der Waals surface area contributed by atoms with E-state index in [1.807, 2.05) is 42.8 Å². The first-order chi connectivity index (χ1) is 11.9. The van der Waals surface area contributed by atoms with Crippen LogP contribution in [-0.2, 0) is 4.74 Å². The summed E-state index contributed by atoms with van der Waals surface area (Å²) in [6.45, 7) is 4.04. The third kappa shape index (κ3) is 3.73. The number of thiophene rings is 1. The predicted octanol–water partition coefficient (Wildman–Crippen LogP) is 5.62. The molecule has 0 aliphatic rings. The van der Waals surface area contributed by atoms with Crippen molar-refractivity contribution >= 4 is 40.5 Å². The van der Waals surface area contributed by atoms with Crippen molar-refractivity contribution in [3.05, 3.63) is 61.9 Å². The fourth-order valence-electron chi connectivity index (χ4n) is 2.63. The van der Waals surface area contributed by atoms with E-state index < -0.39 is 0 Å². The lowest BCUT2D eigenvalue weighted by atomic mass is 10.1. The zero-order valence-electron chi connectivity index (χ0n) is 13.9. The van der Waals surface area contributed by atoms with Gasteiger partial charge in [0.15, 0.2) is 0 Å². The van der Waals surface area contributed by atoms with E-state index >= 15 is 0 Å². The van der Waals surface area contributed by atoms with Gasteiger partial charge in [-0.2, -0.15) is 5.10 Å². The van der Waals surface area contributed by atoms with Crippen molar-refractivity contribution in [3.8, 4) is 11.3 Å². The molecule has 0 saturated carbocycles. The van der Waals surface area contributed by atoms with Crippen LogP contribution < -0.4 is 0 Å². The maximum atomic E-state index is 11.6. The predicted molar refractivity (Wildman–Crippen MR) is 102 cm³/mol. The smallest absolute Gasteiger partial charge is 0.348 e. The number of nitrogens with zero attached hydrogens (tertiary/aromatic N) is 2. The number of hydrogen-bond donors (Lipinski definition) is 0. The molecular formula is C18H16Cl2N2O2S. The summed E-state index contributed by atoms with van der Waals surface area (Å²) in [6, 6.07) is 11.1. The van der Waals surface area contributed by atoms with Crippen molar-refractivity contribution in [1.29, 1.82) is 0 Å². The van der Waals surface area contributed by atoms with Crippen LogP contribution in [0.5, 0.6) is 0 Å². The third-order valence-electron chi connectivity index (χ3n) is 3.87. The van der Waals surface area contributed by atoms with Crippen LogP contribution in [0.1, 0.15) is 33.2 Å². The lowest BCUT2D eigenvalue weighted by Gasteiger charge is -2.12. The molecule has 3 rings (SSSR count). The Kier molecular flexibility index (Phi) is 5.18. The molecule has 0 saturated heterocycles. The number of rotatable bonds is 4. The topological polar surface area (TPSA) is 44.1 Å². The molecule has 2 heterocycles. The minimum absolute atomic E-state index is 0.00758. The number of halogens is 2. The van der Waals surface area contributed by atoms with E-state index in [0.717, 1.165) is 21.8 Å². The van der Waals surface area contributed by atoms with Crippen LogP contribution in [0.4, 0.5) is 0 Å². The third-order valence-corrected chi connectivity index (χ3v) is 5.54. The Bertz CT molecular complexity index is 913. The molecule has 1 aromatic carbocycles. The molecule has 0 bridgehead atoms. The summed E-state index contributed by atoms with van der Waals surface area (Å²) >= 11 is 13.6. The highest BCUT2D eigenvalue weighted by molar-refractivity contribution is 7.14. The van der Waals surface area contributed by atoms with Gasteiger partial charge in [0, 0.05) is 26.2 Å². The van der Waals surface area contributed by atoms with Crippen molar-refractivity contribution in [3.63, 3.8) is 0 Å². The Morgan fingerprint density at radius 1 is 1.20 bits per heavy atom. The number of aromatic nitrogens is 2. The number of methoxy groups -OCH3 is 1. The van der Waals surface area contributed by atoms with Gasteiger partial charge < -0.3 is 4.74 Å². The molecule has 1 atom stereocenters. The molecule has 0 N–H and O–H groups in total. The molecule has 0 amide bonds. The summed E-state index contributed by atoms with van der Waals surface area (Å²) in [5, 5.41) is 5.85. The molecule has 0 aliphatic carbocycles.